The molecule has 16 heavy (non-hydrogen) atoms. The molecule has 0 radical (unpaired) electrons. The molecule has 0 atom stereocenters. The fourth-order valence-corrected chi connectivity index (χ4v) is 1.21. The van der Waals surface area contributed by atoms with Crippen LogP contribution in [0.3, 0.4) is 0 Å². The molecule has 0 aromatic carbocycles. The van der Waals surface area contributed by atoms with Gasteiger partial charge in [-0.3, -0.25) is 4.79 Å². The van der Waals surface area contributed by atoms with Gasteiger partial charge in [-0.25, -0.2) is 4.98 Å². The Hall–Kier alpha value is -1.30. The first-order valence-electron chi connectivity index (χ1n) is 4.37. The van der Waals surface area contributed by atoms with Crippen LogP contribution in [0.5, 0.6) is 0 Å². The lowest BCUT2D eigenvalue weighted by atomic mass is 10.2. The first kappa shape index (κ1) is 12.8. The van der Waals surface area contributed by atoms with Gasteiger partial charge in [0, 0.05) is 12.7 Å². The molecule has 0 saturated heterocycles. The van der Waals surface area contributed by atoms with Crippen LogP contribution in [0.15, 0.2) is 12.3 Å². The Morgan fingerprint density at radius 3 is 2.69 bits per heavy atom. The molecule has 0 fully saturated rings. The summed E-state index contributed by atoms with van der Waals surface area (Å²) in [7, 11) is 0. The number of halogens is 4. The molecule has 1 N–H and O–H groups in total. The van der Waals surface area contributed by atoms with Crippen LogP contribution in [0.4, 0.5) is 13.2 Å². The second-order valence-electron chi connectivity index (χ2n) is 2.92. The molecule has 1 aromatic rings. The van der Waals surface area contributed by atoms with E-state index in [0.29, 0.717) is 18.8 Å². The van der Waals surface area contributed by atoms with Crippen LogP contribution >= 0.6 is 11.6 Å². The van der Waals surface area contributed by atoms with Gasteiger partial charge in [0.15, 0.2) is 0 Å². The Balaban J connectivity index is 3.14. The van der Waals surface area contributed by atoms with Gasteiger partial charge in [0.2, 0.25) is 0 Å². The van der Waals surface area contributed by atoms with Crippen LogP contribution in [0.25, 0.3) is 0 Å². The number of carbonyl (C=O) groups is 1. The van der Waals surface area contributed by atoms with Crippen LogP contribution in [0, 0.1) is 0 Å². The van der Waals surface area contributed by atoms with Crippen molar-refractivity contribution in [2.24, 2.45) is 0 Å². The molecule has 0 bridgehead atoms. The Kier molecular flexibility index (Phi) is 3.74. The maximum atomic E-state index is 12.3. The van der Waals surface area contributed by atoms with Crippen LogP contribution in [0.1, 0.15) is 22.8 Å². The van der Waals surface area contributed by atoms with E-state index < -0.39 is 17.6 Å². The van der Waals surface area contributed by atoms with E-state index in [-0.39, 0.29) is 10.7 Å². The van der Waals surface area contributed by atoms with Crippen molar-refractivity contribution in [3.8, 4) is 0 Å². The van der Waals surface area contributed by atoms with Crippen molar-refractivity contribution in [3.63, 3.8) is 0 Å². The average Bonchev–Trinajstić information content (AvgIpc) is 2.16. The summed E-state index contributed by atoms with van der Waals surface area (Å²) in [6.45, 7) is 1.94. The Morgan fingerprint density at radius 2 is 2.19 bits per heavy atom. The molecule has 1 rings (SSSR count). The number of hydrogen-bond acceptors (Lipinski definition) is 2. The maximum absolute atomic E-state index is 12.3. The summed E-state index contributed by atoms with van der Waals surface area (Å²) in [5.41, 5.74) is -1.28. The van der Waals surface area contributed by atoms with E-state index in [1.54, 1.807) is 6.92 Å². The summed E-state index contributed by atoms with van der Waals surface area (Å²) in [5.74, 6) is -0.675. The first-order valence-corrected chi connectivity index (χ1v) is 4.75. The number of amides is 1. The molecule has 0 unspecified atom stereocenters. The minimum atomic E-state index is -4.54. The van der Waals surface area contributed by atoms with Crippen molar-refractivity contribution >= 4 is 17.5 Å². The van der Waals surface area contributed by atoms with E-state index in [1.165, 1.54) is 0 Å². The highest BCUT2D eigenvalue weighted by molar-refractivity contribution is 6.32. The lowest BCUT2D eigenvalue weighted by Crippen LogP contribution is -2.24. The van der Waals surface area contributed by atoms with E-state index >= 15 is 0 Å². The number of rotatable bonds is 2. The van der Waals surface area contributed by atoms with Gasteiger partial charge in [-0.2, -0.15) is 13.2 Å². The van der Waals surface area contributed by atoms with E-state index in [4.69, 9.17) is 11.6 Å². The summed E-state index contributed by atoms with van der Waals surface area (Å²) in [5, 5.41) is 2.10. The molecule has 1 heterocycles. The molecule has 0 aliphatic rings. The molecule has 1 amide bonds. The largest absolute Gasteiger partial charge is 0.417 e. The van der Waals surface area contributed by atoms with Crippen LogP contribution in [-0.2, 0) is 6.18 Å². The first-order chi connectivity index (χ1) is 7.36. The summed E-state index contributed by atoms with van der Waals surface area (Å²) in [4.78, 5) is 14.7. The smallest absolute Gasteiger partial charge is 0.352 e. The van der Waals surface area contributed by atoms with E-state index in [1.807, 2.05) is 0 Å². The minimum Gasteiger partial charge on any atom is -0.352 e. The zero-order valence-electron chi connectivity index (χ0n) is 8.23. The molecule has 0 spiro atoms. The summed E-state index contributed by atoms with van der Waals surface area (Å²) >= 11 is 5.54. The van der Waals surface area contributed by atoms with E-state index in [0.717, 1.165) is 0 Å². The fraction of sp³-hybridized carbons (Fsp3) is 0.333. The average molecular weight is 253 g/mol. The minimum absolute atomic E-state index is 0.251. The van der Waals surface area contributed by atoms with E-state index in [9.17, 15) is 18.0 Å². The normalized spacial score (nSPS) is 11.3. The van der Waals surface area contributed by atoms with Crippen molar-refractivity contribution in [1.29, 1.82) is 0 Å². The van der Waals surface area contributed by atoms with Crippen LogP contribution in [-0.4, -0.2) is 17.4 Å². The van der Waals surface area contributed by atoms with Crippen molar-refractivity contribution in [2.75, 3.05) is 6.54 Å². The number of carbonyl (C=O) groups excluding carboxylic acids is 1. The Morgan fingerprint density at radius 1 is 1.56 bits per heavy atom. The number of nitrogens with one attached hydrogen (secondary N) is 1. The molecule has 0 aliphatic carbocycles. The van der Waals surface area contributed by atoms with Gasteiger partial charge < -0.3 is 5.32 Å². The fourth-order valence-electron chi connectivity index (χ4n) is 1.02. The van der Waals surface area contributed by atoms with Crippen molar-refractivity contribution < 1.29 is 18.0 Å². The quantitative estimate of drug-likeness (QED) is 0.822. The summed E-state index contributed by atoms with van der Waals surface area (Å²) in [6.07, 6.45) is -3.95. The van der Waals surface area contributed by atoms with Crippen molar-refractivity contribution in [3.05, 3.63) is 28.5 Å². The van der Waals surface area contributed by atoms with Crippen molar-refractivity contribution in [2.45, 2.75) is 13.1 Å². The third-order valence-electron chi connectivity index (χ3n) is 1.75. The molecular weight excluding hydrogens is 245 g/mol. The van der Waals surface area contributed by atoms with Gasteiger partial charge in [-0.15, -0.1) is 0 Å². The molecule has 88 valence electrons. The highest BCUT2D eigenvalue weighted by atomic mass is 35.5. The van der Waals surface area contributed by atoms with Gasteiger partial charge in [0.1, 0.15) is 5.15 Å². The molecule has 0 saturated carbocycles. The van der Waals surface area contributed by atoms with Gasteiger partial charge in [0.05, 0.1) is 11.1 Å². The van der Waals surface area contributed by atoms with E-state index in [2.05, 4.69) is 10.3 Å². The zero-order chi connectivity index (χ0) is 12.3. The summed E-state index contributed by atoms with van der Waals surface area (Å²) < 4.78 is 37.0. The Bertz CT molecular complexity index is 406. The predicted octanol–water partition coefficient (Wildman–Crippen LogP) is 2.50. The topological polar surface area (TPSA) is 42.0 Å². The molecular formula is C9H8ClF3N2O. The van der Waals surface area contributed by atoms with Gasteiger partial charge in [-0.1, -0.05) is 11.6 Å². The van der Waals surface area contributed by atoms with Crippen LogP contribution < -0.4 is 5.32 Å². The molecule has 3 nitrogen and oxygen atoms in total. The van der Waals surface area contributed by atoms with Gasteiger partial charge in [-0.05, 0) is 13.0 Å². The number of nitrogens with zero attached hydrogens (tertiary/aromatic N) is 1. The molecule has 7 heteroatoms. The number of hydrogen-bond donors (Lipinski definition) is 1. The highest BCUT2D eigenvalue weighted by Crippen LogP contribution is 2.30. The third kappa shape index (κ3) is 2.85. The maximum Gasteiger partial charge on any atom is 0.417 e. The lowest BCUT2D eigenvalue weighted by molar-refractivity contribution is -0.137. The Labute approximate surface area is 94.6 Å². The van der Waals surface area contributed by atoms with Gasteiger partial charge >= 0.3 is 6.18 Å². The SMILES string of the molecule is CCNC(=O)c1cc(C(F)(F)F)cnc1Cl. The zero-order valence-corrected chi connectivity index (χ0v) is 8.99. The summed E-state index contributed by atoms with van der Waals surface area (Å²) in [6, 6.07) is 0.681. The third-order valence-corrected chi connectivity index (χ3v) is 2.05. The highest BCUT2D eigenvalue weighted by Gasteiger charge is 2.32. The molecule has 1 aromatic heterocycles. The number of aromatic nitrogens is 1. The number of alkyl halides is 3. The van der Waals surface area contributed by atoms with Crippen LogP contribution in [0.2, 0.25) is 5.15 Å². The molecule has 0 aliphatic heterocycles. The standard InChI is InChI=1S/C9H8ClF3N2O/c1-2-14-8(16)6-3-5(9(11,12)13)4-15-7(6)10/h3-4H,2H2,1H3,(H,14,16). The number of pyridine rings is 1. The lowest BCUT2D eigenvalue weighted by Gasteiger charge is -2.09. The van der Waals surface area contributed by atoms with Crippen molar-refractivity contribution in [1.82, 2.24) is 10.3 Å². The predicted molar refractivity (Wildman–Crippen MR) is 52.3 cm³/mol. The second-order valence-corrected chi connectivity index (χ2v) is 3.28. The monoisotopic (exact) mass is 252 g/mol. The van der Waals surface area contributed by atoms with Gasteiger partial charge in [0.25, 0.3) is 5.91 Å². The second kappa shape index (κ2) is 4.69.